The van der Waals surface area contributed by atoms with E-state index in [1.807, 2.05) is 5.10 Å². The highest BCUT2D eigenvalue weighted by Crippen LogP contribution is 2.38. The molecule has 1 unspecified atom stereocenters. The number of anilines is 1. The average Bonchev–Trinajstić information content (AvgIpc) is 2.88. The second-order valence-electron chi connectivity index (χ2n) is 5.47. The molecule has 0 aliphatic carbocycles. The lowest BCUT2D eigenvalue weighted by atomic mass is 10.0. The van der Waals surface area contributed by atoms with Gasteiger partial charge in [-0.3, -0.25) is 4.79 Å². The van der Waals surface area contributed by atoms with Gasteiger partial charge >= 0.3 is 6.18 Å². The summed E-state index contributed by atoms with van der Waals surface area (Å²) in [4.78, 5) is 13.0. The van der Waals surface area contributed by atoms with Gasteiger partial charge in [0.05, 0.1) is 18.0 Å². The third-order valence-electron chi connectivity index (χ3n) is 3.93. The van der Waals surface area contributed by atoms with E-state index in [1.54, 1.807) is 25.1 Å². The van der Waals surface area contributed by atoms with Crippen molar-refractivity contribution < 1.29 is 18.3 Å². The van der Waals surface area contributed by atoms with E-state index in [0.717, 1.165) is 17.3 Å². The molecule has 1 atom stereocenters. The third kappa shape index (κ3) is 2.70. The molecule has 1 aromatic carbocycles. The van der Waals surface area contributed by atoms with Gasteiger partial charge < -0.3 is 10.0 Å². The largest absolute Gasteiger partial charge is 0.423 e. The van der Waals surface area contributed by atoms with E-state index in [-0.39, 0.29) is 18.8 Å². The Labute approximate surface area is 129 Å². The summed E-state index contributed by atoms with van der Waals surface area (Å²) in [5.41, 5.74) is -0.473. The molecule has 0 radical (unpaired) electrons. The first-order chi connectivity index (χ1) is 10.8. The standard InChI is InChI=1S/C15H14F3N3O2/c1-8(22)10-4-2-3-9-6-21(7-11(9)10)12-5-19-20-14(23)13(12)15(16,17)18/h2-5,8,22H,6-7H2,1H3,(H,20,23). The maximum Gasteiger partial charge on any atom is 0.423 e. The molecule has 3 rings (SSSR count). The molecule has 8 heteroatoms. The summed E-state index contributed by atoms with van der Waals surface area (Å²) < 4.78 is 39.6. The topological polar surface area (TPSA) is 69.2 Å². The zero-order chi connectivity index (χ0) is 16.8. The molecular formula is C15H14F3N3O2. The van der Waals surface area contributed by atoms with Crippen LogP contribution in [-0.2, 0) is 19.3 Å². The van der Waals surface area contributed by atoms with Gasteiger partial charge in [0, 0.05) is 13.1 Å². The van der Waals surface area contributed by atoms with Crippen LogP contribution in [0.4, 0.5) is 18.9 Å². The summed E-state index contributed by atoms with van der Waals surface area (Å²) in [6.07, 6.45) is -4.48. The fourth-order valence-corrected chi connectivity index (χ4v) is 2.91. The molecular weight excluding hydrogens is 311 g/mol. The SMILES string of the molecule is CC(O)c1cccc2c1CN(c1cn[nH]c(=O)c1C(F)(F)F)C2. The van der Waals surface area contributed by atoms with Crippen molar-refractivity contribution in [2.75, 3.05) is 4.90 Å². The van der Waals surface area contributed by atoms with Gasteiger partial charge in [-0.05, 0) is 23.6 Å². The molecule has 122 valence electrons. The number of H-pyrrole nitrogens is 1. The number of alkyl halides is 3. The minimum absolute atomic E-state index is 0.185. The fourth-order valence-electron chi connectivity index (χ4n) is 2.91. The van der Waals surface area contributed by atoms with Crippen LogP contribution < -0.4 is 10.5 Å². The molecule has 2 aromatic rings. The smallest absolute Gasteiger partial charge is 0.389 e. The summed E-state index contributed by atoms with van der Waals surface area (Å²) >= 11 is 0. The maximum absolute atomic E-state index is 13.2. The number of hydrogen-bond acceptors (Lipinski definition) is 4. The first kappa shape index (κ1) is 15.5. The Bertz CT molecular complexity index is 799. The first-order valence-electron chi connectivity index (χ1n) is 6.97. The quantitative estimate of drug-likeness (QED) is 0.889. The number of hydrogen-bond donors (Lipinski definition) is 2. The Kier molecular flexibility index (Phi) is 3.63. The Morgan fingerprint density at radius 3 is 2.74 bits per heavy atom. The summed E-state index contributed by atoms with van der Waals surface area (Å²) in [5, 5.41) is 15.1. The molecule has 2 heterocycles. The molecule has 0 fully saturated rings. The van der Waals surface area contributed by atoms with Crippen molar-refractivity contribution in [3.8, 4) is 0 Å². The Morgan fingerprint density at radius 1 is 1.35 bits per heavy atom. The van der Waals surface area contributed by atoms with Crippen LogP contribution in [0.15, 0.2) is 29.2 Å². The Morgan fingerprint density at radius 2 is 2.09 bits per heavy atom. The molecule has 0 saturated carbocycles. The van der Waals surface area contributed by atoms with E-state index in [9.17, 15) is 23.1 Å². The lowest BCUT2D eigenvalue weighted by Gasteiger charge is -2.21. The number of benzene rings is 1. The van der Waals surface area contributed by atoms with Gasteiger partial charge in [0.25, 0.3) is 5.56 Å². The summed E-state index contributed by atoms with van der Waals surface area (Å²) in [7, 11) is 0. The van der Waals surface area contributed by atoms with Gasteiger partial charge in [-0.25, -0.2) is 5.10 Å². The van der Waals surface area contributed by atoms with E-state index in [2.05, 4.69) is 5.10 Å². The van der Waals surface area contributed by atoms with Crippen LogP contribution in [0.3, 0.4) is 0 Å². The lowest BCUT2D eigenvalue weighted by molar-refractivity contribution is -0.138. The highest BCUT2D eigenvalue weighted by molar-refractivity contribution is 5.57. The average molecular weight is 325 g/mol. The molecule has 0 bridgehead atoms. The number of nitrogens with one attached hydrogen (secondary N) is 1. The minimum Gasteiger partial charge on any atom is -0.389 e. The number of nitrogens with zero attached hydrogens (tertiary/aromatic N) is 2. The van der Waals surface area contributed by atoms with Crippen LogP contribution in [0.1, 0.15) is 35.3 Å². The van der Waals surface area contributed by atoms with E-state index >= 15 is 0 Å². The van der Waals surface area contributed by atoms with Crippen LogP contribution in [0.5, 0.6) is 0 Å². The van der Waals surface area contributed by atoms with Crippen LogP contribution in [0.2, 0.25) is 0 Å². The number of rotatable bonds is 2. The van der Waals surface area contributed by atoms with E-state index in [0.29, 0.717) is 5.56 Å². The molecule has 2 N–H and O–H groups in total. The van der Waals surface area contributed by atoms with Gasteiger partial charge in [0.2, 0.25) is 0 Å². The van der Waals surface area contributed by atoms with E-state index in [4.69, 9.17) is 0 Å². The second kappa shape index (κ2) is 5.38. The van der Waals surface area contributed by atoms with Crippen LogP contribution in [0, 0.1) is 0 Å². The van der Waals surface area contributed by atoms with E-state index < -0.39 is 23.4 Å². The third-order valence-corrected chi connectivity index (χ3v) is 3.93. The summed E-state index contributed by atoms with van der Waals surface area (Å²) in [6, 6.07) is 5.30. The molecule has 1 aromatic heterocycles. The maximum atomic E-state index is 13.2. The minimum atomic E-state index is -4.77. The predicted octanol–water partition coefficient (Wildman–Crippen LogP) is 2.36. The van der Waals surface area contributed by atoms with Crippen molar-refractivity contribution in [3.63, 3.8) is 0 Å². The van der Waals surface area contributed by atoms with Crippen molar-refractivity contribution in [1.82, 2.24) is 10.2 Å². The number of aromatic nitrogens is 2. The Hall–Kier alpha value is -2.35. The predicted molar refractivity (Wildman–Crippen MR) is 76.8 cm³/mol. The van der Waals surface area contributed by atoms with Crippen molar-refractivity contribution in [2.24, 2.45) is 0 Å². The number of halogens is 3. The van der Waals surface area contributed by atoms with Crippen molar-refractivity contribution in [2.45, 2.75) is 32.3 Å². The van der Waals surface area contributed by atoms with Gasteiger partial charge in [0.1, 0.15) is 5.56 Å². The molecule has 5 nitrogen and oxygen atoms in total. The van der Waals surface area contributed by atoms with Crippen LogP contribution >= 0.6 is 0 Å². The summed E-state index contributed by atoms with van der Waals surface area (Å²) in [6.45, 7) is 2.02. The lowest BCUT2D eigenvalue weighted by Crippen LogP contribution is -2.28. The second-order valence-corrected chi connectivity index (χ2v) is 5.47. The van der Waals surface area contributed by atoms with Gasteiger partial charge in [0.15, 0.2) is 0 Å². The van der Waals surface area contributed by atoms with Gasteiger partial charge in [-0.1, -0.05) is 18.2 Å². The normalized spacial score (nSPS) is 15.6. The molecule has 23 heavy (non-hydrogen) atoms. The number of aliphatic hydroxyl groups excluding tert-OH is 1. The fraction of sp³-hybridized carbons (Fsp3) is 0.333. The highest BCUT2D eigenvalue weighted by atomic mass is 19.4. The molecule has 0 saturated heterocycles. The van der Waals surface area contributed by atoms with Crippen molar-refractivity contribution >= 4 is 5.69 Å². The van der Waals surface area contributed by atoms with E-state index in [1.165, 1.54) is 4.90 Å². The first-order valence-corrected chi connectivity index (χ1v) is 6.97. The summed E-state index contributed by atoms with van der Waals surface area (Å²) in [5.74, 6) is 0. The van der Waals surface area contributed by atoms with Crippen LogP contribution in [-0.4, -0.2) is 15.3 Å². The van der Waals surface area contributed by atoms with Crippen LogP contribution in [0.25, 0.3) is 0 Å². The van der Waals surface area contributed by atoms with Gasteiger partial charge in [-0.2, -0.15) is 18.3 Å². The zero-order valence-electron chi connectivity index (χ0n) is 12.2. The molecule has 1 aliphatic heterocycles. The van der Waals surface area contributed by atoms with Gasteiger partial charge in [-0.15, -0.1) is 0 Å². The monoisotopic (exact) mass is 325 g/mol. The number of fused-ring (bicyclic) bond motifs is 1. The molecule has 0 spiro atoms. The molecule has 1 aliphatic rings. The van der Waals surface area contributed by atoms with Crippen molar-refractivity contribution in [1.29, 1.82) is 0 Å². The number of aliphatic hydroxyl groups is 1. The zero-order valence-corrected chi connectivity index (χ0v) is 12.2. The highest BCUT2D eigenvalue weighted by Gasteiger charge is 2.39. The molecule has 0 amide bonds. The van der Waals surface area contributed by atoms with Crippen molar-refractivity contribution in [3.05, 3.63) is 57.0 Å². The Balaban J connectivity index is 2.06. The number of aromatic amines is 1.